The molecule has 0 atom stereocenters. The molecule has 0 unspecified atom stereocenters. The molecule has 0 radical (unpaired) electrons. The lowest BCUT2D eigenvalue weighted by Gasteiger charge is -1.97. The Hall–Kier alpha value is -2.67. The summed E-state index contributed by atoms with van der Waals surface area (Å²) in [5, 5.41) is 2.28. The number of aromatic nitrogens is 3. The molecule has 1 heterocycles. The fraction of sp³-hybridized carbons (Fsp3) is 0. The van der Waals surface area contributed by atoms with Crippen molar-refractivity contribution >= 4 is 37.8 Å². The fourth-order valence-electron chi connectivity index (χ4n) is 1.01. The molecule has 2 aromatic rings. The third kappa shape index (κ3) is 5.00. The first kappa shape index (κ1) is 14.4. The van der Waals surface area contributed by atoms with Crippen LogP contribution in [0.3, 0.4) is 0 Å². The molecule has 0 bridgehead atoms. The van der Waals surface area contributed by atoms with Crippen LogP contribution in [-0.2, 0) is 4.57 Å². The monoisotopic (exact) mass is 280 g/mol. The Labute approximate surface area is 110 Å². The maximum atomic E-state index is 10.0. The highest BCUT2D eigenvalue weighted by Gasteiger charge is 1.98. The summed E-state index contributed by atoms with van der Waals surface area (Å²) in [6.45, 7) is 0. The molecule has 0 aliphatic carbocycles. The normalized spacial score (nSPS) is 9.47. The predicted octanol–water partition coefficient (Wildman–Crippen LogP) is 0.506. The topological polar surface area (TPSA) is 172 Å². The van der Waals surface area contributed by atoms with Gasteiger partial charge in [0.25, 0.3) is 8.61 Å². The van der Waals surface area contributed by atoms with E-state index in [1.165, 1.54) is 0 Å². The molecule has 9 nitrogen and oxygen atoms in total. The van der Waals surface area contributed by atoms with Crippen LogP contribution >= 0.6 is 8.61 Å². The quantitative estimate of drug-likeness (QED) is 0.388. The lowest BCUT2D eigenvalue weighted by atomic mass is 10.3. The maximum Gasteiger partial charge on any atom is 0.281 e. The summed E-state index contributed by atoms with van der Waals surface area (Å²) in [5.74, 6) is 0.0685. The number of hydrogen-bond donors (Lipinski definition) is 5. The number of rotatable bonds is 2. The van der Waals surface area contributed by atoms with E-state index >= 15 is 0 Å². The van der Waals surface area contributed by atoms with Crippen molar-refractivity contribution in [2.45, 2.75) is 0 Å². The van der Waals surface area contributed by atoms with Crippen molar-refractivity contribution in [2.75, 3.05) is 28.0 Å². The molecule has 9 N–H and O–H groups in total. The van der Waals surface area contributed by atoms with E-state index in [9.17, 15) is 4.57 Å². The zero-order chi connectivity index (χ0) is 14.3. The zero-order valence-electron chi connectivity index (χ0n) is 9.82. The van der Waals surface area contributed by atoms with Crippen molar-refractivity contribution in [1.82, 2.24) is 15.0 Å². The van der Waals surface area contributed by atoms with Crippen molar-refractivity contribution < 1.29 is 4.57 Å². The maximum absolute atomic E-state index is 10.0. The highest BCUT2D eigenvalue weighted by Crippen LogP contribution is 2.10. The fourth-order valence-corrected chi connectivity index (χ4v) is 1.19. The molecule has 0 aliphatic rings. The number of benzene rings is 1. The van der Waals surface area contributed by atoms with Crippen LogP contribution in [0.15, 0.2) is 24.3 Å². The van der Waals surface area contributed by atoms with Crippen LogP contribution in [-0.4, -0.2) is 15.0 Å². The van der Waals surface area contributed by atoms with Gasteiger partial charge in [0.05, 0.1) is 11.4 Å². The lowest BCUT2D eigenvalue weighted by molar-refractivity contribution is 0.601. The molecule has 0 amide bonds. The standard InChI is InChI=1S/C6H8N2.C3H5N6OP/c7-5-3-1-2-4-6(5)8;4-1-6-2(5)8-3(7-1)9-11-10/h1-4H,7-8H2;(H5,4,5,6,7,8,9,10). The van der Waals surface area contributed by atoms with Crippen molar-refractivity contribution in [3.8, 4) is 0 Å². The lowest BCUT2D eigenvalue weighted by Crippen LogP contribution is -2.04. The number of nitrogens with one attached hydrogen (secondary N) is 1. The zero-order valence-corrected chi connectivity index (χ0v) is 10.7. The van der Waals surface area contributed by atoms with Gasteiger partial charge in [-0.1, -0.05) is 12.1 Å². The number of para-hydroxylation sites is 2. The van der Waals surface area contributed by atoms with Gasteiger partial charge in [-0.05, 0) is 12.1 Å². The number of hydrogen-bond acceptors (Lipinski definition) is 8. The minimum Gasteiger partial charge on any atom is -0.397 e. The Morgan fingerprint density at radius 1 is 0.895 bits per heavy atom. The van der Waals surface area contributed by atoms with Crippen molar-refractivity contribution in [3.63, 3.8) is 0 Å². The third-order valence-corrected chi connectivity index (χ3v) is 2.10. The van der Waals surface area contributed by atoms with E-state index in [4.69, 9.17) is 22.9 Å². The van der Waals surface area contributed by atoms with Gasteiger partial charge in [-0.2, -0.15) is 15.0 Å². The van der Waals surface area contributed by atoms with Crippen LogP contribution in [0, 0.1) is 0 Å². The highest BCUT2D eigenvalue weighted by atomic mass is 31.1. The summed E-state index contributed by atoms with van der Waals surface area (Å²) >= 11 is 0. The van der Waals surface area contributed by atoms with Crippen LogP contribution in [0.2, 0.25) is 0 Å². The van der Waals surface area contributed by atoms with Gasteiger partial charge >= 0.3 is 0 Å². The van der Waals surface area contributed by atoms with E-state index in [0.29, 0.717) is 11.4 Å². The molecular formula is C9H13N8OP. The van der Waals surface area contributed by atoms with Gasteiger partial charge in [0.15, 0.2) is 0 Å². The minimum absolute atomic E-state index is 0.0105. The van der Waals surface area contributed by atoms with E-state index in [1.807, 2.05) is 12.1 Å². The van der Waals surface area contributed by atoms with Gasteiger partial charge in [-0.15, -0.1) is 0 Å². The molecule has 1 aromatic heterocycles. The predicted molar refractivity (Wildman–Crippen MR) is 75.1 cm³/mol. The summed E-state index contributed by atoms with van der Waals surface area (Å²) in [5.41, 5.74) is 22.5. The first-order valence-corrected chi connectivity index (χ1v) is 5.79. The molecule has 10 heteroatoms. The third-order valence-electron chi connectivity index (χ3n) is 1.81. The SMILES string of the molecule is Nc1ccccc1N.Nc1nc(N)nc(NP=O)n1. The summed E-state index contributed by atoms with van der Waals surface area (Å²) in [7, 11) is -0.314. The van der Waals surface area contributed by atoms with Crippen molar-refractivity contribution in [3.05, 3.63) is 24.3 Å². The van der Waals surface area contributed by atoms with Gasteiger partial charge in [0, 0.05) is 0 Å². The smallest absolute Gasteiger partial charge is 0.281 e. The number of nitrogen functional groups attached to an aromatic ring is 4. The first-order chi connectivity index (χ1) is 9.02. The van der Waals surface area contributed by atoms with Crippen LogP contribution < -0.4 is 28.0 Å². The average Bonchev–Trinajstić information content (AvgIpc) is 2.33. The van der Waals surface area contributed by atoms with Gasteiger partial charge in [0.2, 0.25) is 17.8 Å². The van der Waals surface area contributed by atoms with Crippen LogP contribution in [0.4, 0.5) is 29.2 Å². The Balaban J connectivity index is 0.000000200. The van der Waals surface area contributed by atoms with Gasteiger partial charge in [0.1, 0.15) is 0 Å². The molecule has 19 heavy (non-hydrogen) atoms. The van der Waals surface area contributed by atoms with Crippen LogP contribution in [0.1, 0.15) is 0 Å². The second-order valence-electron chi connectivity index (χ2n) is 3.21. The molecule has 0 aliphatic heterocycles. The Bertz CT molecular complexity index is 522. The Morgan fingerprint density at radius 2 is 1.37 bits per heavy atom. The summed E-state index contributed by atoms with van der Waals surface area (Å²) < 4.78 is 10.0. The number of nitrogens with two attached hydrogens (primary N) is 4. The largest absolute Gasteiger partial charge is 0.397 e. The van der Waals surface area contributed by atoms with E-state index in [2.05, 4.69) is 20.0 Å². The van der Waals surface area contributed by atoms with E-state index in [1.54, 1.807) is 12.1 Å². The van der Waals surface area contributed by atoms with Crippen LogP contribution in [0.25, 0.3) is 0 Å². The molecule has 0 saturated heterocycles. The van der Waals surface area contributed by atoms with E-state index < -0.39 is 0 Å². The molecule has 0 spiro atoms. The number of nitrogens with zero attached hydrogens (tertiary/aromatic N) is 3. The van der Waals surface area contributed by atoms with Crippen LogP contribution in [0.5, 0.6) is 0 Å². The van der Waals surface area contributed by atoms with Crippen molar-refractivity contribution in [2.24, 2.45) is 0 Å². The Morgan fingerprint density at radius 3 is 1.74 bits per heavy atom. The minimum atomic E-state index is -0.314. The van der Waals surface area contributed by atoms with Gasteiger partial charge in [-0.3, -0.25) is 5.09 Å². The molecule has 0 fully saturated rings. The summed E-state index contributed by atoms with van der Waals surface area (Å²) in [6, 6.07) is 7.25. The summed E-state index contributed by atoms with van der Waals surface area (Å²) in [4.78, 5) is 10.7. The second-order valence-corrected chi connectivity index (χ2v) is 3.61. The number of anilines is 5. The average molecular weight is 280 g/mol. The van der Waals surface area contributed by atoms with Gasteiger partial charge < -0.3 is 22.9 Å². The van der Waals surface area contributed by atoms with Crippen molar-refractivity contribution in [1.29, 1.82) is 0 Å². The van der Waals surface area contributed by atoms with Gasteiger partial charge in [-0.25, -0.2) is 4.57 Å². The molecule has 1 aromatic carbocycles. The Kier molecular flexibility index (Phi) is 5.24. The summed E-state index contributed by atoms with van der Waals surface area (Å²) in [6.07, 6.45) is 0. The molecular weight excluding hydrogens is 267 g/mol. The second kappa shape index (κ2) is 6.92. The van der Waals surface area contributed by atoms with E-state index in [0.717, 1.165) is 0 Å². The molecule has 0 saturated carbocycles. The van der Waals surface area contributed by atoms with E-state index in [-0.39, 0.29) is 26.5 Å². The molecule has 2 rings (SSSR count). The molecule has 100 valence electrons. The first-order valence-electron chi connectivity index (χ1n) is 4.98. The highest BCUT2D eigenvalue weighted by molar-refractivity contribution is 7.25.